The average molecular weight is 466 g/mol. The molecule has 164 valence electrons. The number of aromatic nitrogens is 2. The Morgan fingerprint density at radius 1 is 0.714 bits per heavy atom. The smallest absolute Gasteiger partial charge is 0.218 e. The third kappa shape index (κ3) is 2.41. The molecule has 0 N–H and O–H groups in total. The van der Waals surface area contributed by atoms with E-state index in [0.717, 1.165) is 5.69 Å². The van der Waals surface area contributed by atoms with E-state index < -0.39 is 0 Å². The Morgan fingerprint density at radius 3 is 2.31 bits per heavy atom. The molecule has 0 spiro atoms. The molecule has 0 amide bonds. The molecule has 3 heteroatoms. The van der Waals surface area contributed by atoms with E-state index in [1.54, 1.807) is 0 Å². The van der Waals surface area contributed by atoms with Crippen molar-refractivity contribution in [3.05, 3.63) is 103 Å². The molecule has 4 aromatic carbocycles. The molecule has 0 saturated carbocycles. The number of hydrogen-bond donors (Lipinski definition) is 0. The van der Waals surface area contributed by atoms with E-state index in [0.29, 0.717) is 0 Å². The molecule has 4 aromatic heterocycles. The normalized spacial score (nSPS) is 12.3. The van der Waals surface area contributed by atoms with Crippen molar-refractivity contribution in [2.24, 2.45) is 0 Å². The van der Waals surface area contributed by atoms with Crippen molar-refractivity contribution < 1.29 is 4.57 Å². The van der Waals surface area contributed by atoms with E-state index in [1.165, 1.54) is 69.4 Å². The van der Waals surface area contributed by atoms with Crippen LogP contribution in [0.4, 0.5) is 0 Å². The van der Waals surface area contributed by atoms with E-state index in [-0.39, 0.29) is 0 Å². The molecule has 0 saturated heterocycles. The summed E-state index contributed by atoms with van der Waals surface area (Å²) in [6.45, 7) is 6.23. The van der Waals surface area contributed by atoms with Crippen LogP contribution in [0.25, 0.3) is 75.7 Å². The van der Waals surface area contributed by atoms with Gasteiger partial charge in [0.25, 0.3) is 0 Å². The number of hydrogen-bond acceptors (Lipinski definition) is 1. The molecule has 0 unspecified atom stereocenters. The number of rotatable bonds is 2. The highest BCUT2D eigenvalue weighted by Gasteiger charge is 2.21. The summed E-state index contributed by atoms with van der Waals surface area (Å²) in [4.78, 5) is 0. The van der Waals surface area contributed by atoms with Gasteiger partial charge >= 0.3 is 0 Å². The van der Waals surface area contributed by atoms with E-state index in [2.05, 4.69) is 108 Å². The molecule has 8 aromatic rings. The number of thiophene rings is 1. The summed E-state index contributed by atoms with van der Waals surface area (Å²) in [5.41, 5.74) is 7.53. The minimum absolute atomic E-state index is 1.16. The van der Waals surface area contributed by atoms with Crippen molar-refractivity contribution in [3.8, 4) is 11.3 Å². The predicted molar refractivity (Wildman–Crippen MR) is 151 cm³/mol. The Bertz CT molecular complexity index is 2140. The van der Waals surface area contributed by atoms with Gasteiger partial charge in [-0.2, -0.15) is 4.57 Å². The zero-order valence-electron chi connectivity index (χ0n) is 19.2. The van der Waals surface area contributed by atoms with Gasteiger partial charge in [0.1, 0.15) is 0 Å². The van der Waals surface area contributed by atoms with Gasteiger partial charge in [-0.05, 0) is 55.5 Å². The van der Waals surface area contributed by atoms with Crippen molar-refractivity contribution in [2.45, 2.75) is 6.92 Å². The maximum Gasteiger partial charge on any atom is 0.218 e. The molecule has 0 aliphatic heterocycles. The average Bonchev–Trinajstić information content (AvgIpc) is 3.53. The van der Waals surface area contributed by atoms with Gasteiger partial charge in [-0.25, -0.2) is 0 Å². The van der Waals surface area contributed by atoms with Crippen LogP contribution in [0.3, 0.4) is 0 Å². The molecule has 8 rings (SSSR count). The second kappa shape index (κ2) is 6.68. The quantitative estimate of drug-likeness (QED) is 0.226. The fourth-order valence-corrected chi connectivity index (χ4v) is 7.09. The standard InChI is InChI=1S/C32H21N2S/c1-3-33-14-7-6-12-27(33)23-16-24-21-10-8-11-22-25-18-31-26(20-9-4-5-13-30(20)35-31)17-29(25)34(32(21)22)28(24)15-19(23)2/h3-18H,1H2,2H3/q+1. The topological polar surface area (TPSA) is 8.29 Å². The summed E-state index contributed by atoms with van der Waals surface area (Å²) in [6, 6.07) is 31.4. The first-order valence-corrected chi connectivity index (χ1v) is 12.7. The first-order chi connectivity index (χ1) is 17.2. The lowest BCUT2D eigenvalue weighted by Gasteiger charge is -2.06. The minimum atomic E-state index is 1.16. The predicted octanol–water partition coefficient (Wildman–Crippen LogP) is 8.57. The van der Waals surface area contributed by atoms with Gasteiger partial charge in [0, 0.05) is 53.8 Å². The highest BCUT2D eigenvalue weighted by molar-refractivity contribution is 7.25. The summed E-state index contributed by atoms with van der Waals surface area (Å²) in [6.07, 6.45) is 3.93. The second-order valence-corrected chi connectivity index (χ2v) is 10.4. The molecule has 0 radical (unpaired) electrons. The Hall–Kier alpha value is -4.21. The van der Waals surface area contributed by atoms with Gasteiger partial charge in [-0.15, -0.1) is 11.3 Å². The molecule has 0 aliphatic rings. The van der Waals surface area contributed by atoms with Gasteiger partial charge in [-0.3, -0.25) is 0 Å². The van der Waals surface area contributed by atoms with Crippen LogP contribution in [-0.2, 0) is 0 Å². The third-order valence-electron chi connectivity index (χ3n) is 7.52. The highest BCUT2D eigenvalue weighted by atomic mass is 32.1. The van der Waals surface area contributed by atoms with E-state index >= 15 is 0 Å². The Balaban J connectivity index is 1.55. The van der Waals surface area contributed by atoms with Crippen molar-refractivity contribution in [1.82, 2.24) is 4.40 Å². The number of aryl methyl sites for hydroxylation is 1. The third-order valence-corrected chi connectivity index (χ3v) is 8.66. The SMILES string of the molecule is C=C[n+]1ccccc1-c1cc2c3cccc4c5cc6sc7ccccc7c6cc5n(c2cc1C)c34. The monoisotopic (exact) mass is 465 g/mol. The molecule has 35 heavy (non-hydrogen) atoms. The molecule has 4 heterocycles. The zero-order chi connectivity index (χ0) is 23.3. The van der Waals surface area contributed by atoms with Crippen molar-refractivity contribution in [3.63, 3.8) is 0 Å². The van der Waals surface area contributed by atoms with Crippen molar-refractivity contribution >= 4 is 75.8 Å². The largest absolute Gasteiger partial charge is 0.308 e. The molecular formula is C32H21N2S+. The first kappa shape index (κ1) is 19.1. The fraction of sp³-hybridized carbons (Fsp3) is 0.0312. The van der Waals surface area contributed by atoms with Crippen LogP contribution in [0.1, 0.15) is 5.56 Å². The van der Waals surface area contributed by atoms with E-state index in [1.807, 2.05) is 23.6 Å². The Labute approximate surface area is 205 Å². The maximum absolute atomic E-state index is 4.01. The minimum Gasteiger partial charge on any atom is -0.308 e. The van der Waals surface area contributed by atoms with Crippen LogP contribution >= 0.6 is 11.3 Å². The van der Waals surface area contributed by atoms with Gasteiger partial charge in [0.15, 0.2) is 12.4 Å². The molecule has 0 atom stereocenters. The molecule has 2 nitrogen and oxygen atoms in total. The maximum atomic E-state index is 4.01. The van der Waals surface area contributed by atoms with E-state index in [4.69, 9.17) is 0 Å². The molecule has 0 fully saturated rings. The molecule has 0 bridgehead atoms. The van der Waals surface area contributed by atoms with Gasteiger partial charge in [0.05, 0.1) is 22.1 Å². The van der Waals surface area contributed by atoms with Crippen molar-refractivity contribution in [2.75, 3.05) is 0 Å². The van der Waals surface area contributed by atoms with Crippen LogP contribution in [0, 0.1) is 6.92 Å². The fourth-order valence-electron chi connectivity index (χ4n) is 5.96. The summed E-state index contributed by atoms with van der Waals surface area (Å²) >= 11 is 1.89. The molecular weight excluding hydrogens is 444 g/mol. The summed E-state index contributed by atoms with van der Waals surface area (Å²) < 4.78 is 7.29. The number of para-hydroxylation sites is 1. The van der Waals surface area contributed by atoms with Crippen LogP contribution in [0.5, 0.6) is 0 Å². The number of nitrogens with zero attached hydrogens (tertiary/aromatic N) is 2. The van der Waals surface area contributed by atoms with Gasteiger partial charge < -0.3 is 4.40 Å². The zero-order valence-corrected chi connectivity index (χ0v) is 20.1. The van der Waals surface area contributed by atoms with Gasteiger partial charge in [-0.1, -0.05) is 36.4 Å². The van der Waals surface area contributed by atoms with Crippen LogP contribution in [-0.4, -0.2) is 4.40 Å². The first-order valence-electron chi connectivity index (χ1n) is 11.9. The Kier molecular flexibility index (Phi) is 3.65. The summed E-state index contributed by atoms with van der Waals surface area (Å²) in [5.74, 6) is 0. The van der Waals surface area contributed by atoms with E-state index in [9.17, 15) is 0 Å². The number of benzene rings is 4. The van der Waals surface area contributed by atoms with Gasteiger partial charge in [0.2, 0.25) is 5.69 Å². The molecule has 0 aliphatic carbocycles. The number of fused-ring (bicyclic) bond motifs is 9. The lowest BCUT2D eigenvalue weighted by atomic mass is 10.00. The van der Waals surface area contributed by atoms with Crippen LogP contribution < -0.4 is 4.57 Å². The lowest BCUT2D eigenvalue weighted by molar-refractivity contribution is -0.555. The van der Waals surface area contributed by atoms with Crippen LogP contribution in [0.2, 0.25) is 0 Å². The van der Waals surface area contributed by atoms with Crippen molar-refractivity contribution in [1.29, 1.82) is 0 Å². The Morgan fingerprint density at radius 2 is 1.46 bits per heavy atom. The number of pyridine rings is 1. The second-order valence-electron chi connectivity index (χ2n) is 9.36. The summed E-state index contributed by atoms with van der Waals surface area (Å²) in [7, 11) is 0. The highest BCUT2D eigenvalue weighted by Crippen LogP contribution is 2.44. The lowest BCUT2D eigenvalue weighted by Crippen LogP contribution is -2.27. The van der Waals surface area contributed by atoms with Crippen LogP contribution in [0.15, 0.2) is 97.7 Å². The summed E-state index contributed by atoms with van der Waals surface area (Å²) in [5, 5.41) is 7.95.